The lowest BCUT2D eigenvalue weighted by Gasteiger charge is -1.96. The van der Waals surface area contributed by atoms with Gasteiger partial charge in [-0.05, 0) is 0 Å². The maximum atomic E-state index is 10.5. The van der Waals surface area contributed by atoms with Crippen LogP contribution in [0, 0.1) is 5.21 Å². The van der Waals surface area contributed by atoms with Crippen molar-refractivity contribution in [2.75, 3.05) is 13.2 Å². The molecule has 46 valence electrons. The van der Waals surface area contributed by atoms with Gasteiger partial charge in [0.2, 0.25) is 0 Å². The Bertz CT molecular complexity index is 120. The van der Waals surface area contributed by atoms with Crippen molar-refractivity contribution in [1.29, 1.82) is 0 Å². The highest BCUT2D eigenvalue weighted by atomic mass is 16.5. The summed E-state index contributed by atoms with van der Waals surface area (Å²) in [6.45, 7) is 0.499. The van der Waals surface area contributed by atoms with Gasteiger partial charge in [-0.25, -0.2) is 4.74 Å². The Morgan fingerprint density at radius 2 is 2.50 bits per heavy atom. The molecule has 1 aliphatic rings. The molecule has 0 aromatic rings. The van der Waals surface area contributed by atoms with Crippen LogP contribution in [0.4, 0.5) is 0 Å². The normalized spacial score (nSPS) is 20.1. The van der Waals surface area contributed by atoms with Crippen LogP contribution in [0.5, 0.6) is 0 Å². The number of aliphatic hydroxyl groups is 1. The second-order valence-electron chi connectivity index (χ2n) is 1.93. The maximum absolute atomic E-state index is 10.5. The third-order valence-electron chi connectivity index (χ3n) is 1.36. The van der Waals surface area contributed by atoms with E-state index in [1.54, 1.807) is 0 Å². The molecule has 0 atom stereocenters. The van der Waals surface area contributed by atoms with Crippen molar-refractivity contribution in [2.45, 2.75) is 12.8 Å². The molecule has 0 aromatic carbocycles. The van der Waals surface area contributed by atoms with Crippen LogP contribution in [-0.2, 0) is 0 Å². The zero-order valence-electron chi connectivity index (χ0n) is 4.63. The van der Waals surface area contributed by atoms with Crippen LogP contribution in [-0.4, -0.2) is 28.7 Å². The van der Waals surface area contributed by atoms with Crippen molar-refractivity contribution in [3.63, 3.8) is 0 Å². The number of hydrogen-bond acceptors (Lipinski definition) is 2. The molecule has 1 aliphatic heterocycles. The Morgan fingerprint density at radius 1 is 1.75 bits per heavy atom. The summed E-state index contributed by atoms with van der Waals surface area (Å²) in [5.41, 5.74) is 0.630. The fourth-order valence-corrected chi connectivity index (χ4v) is 0.867. The van der Waals surface area contributed by atoms with Crippen LogP contribution in [0.2, 0.25) is 0 Å². The van der Waals surface area contributed by atoms with E-state index >= 15 is 0 Å². The Balaban J connectivity index is 2.58. The molecule has 0 radical (unpaired) electrons. The Kier molecular flexibility index (Phi) is 1.48. The van der Waals surface area contributed by atoms with Gasteiger partial charge >= 0.3 is 0 Å². The van der Waals surface area contributed by atoms with Gasteiger partial charge in [-0.3, -0.25) is 0 Å². The summed E-state index contributed by atoms with van der Waals surface area (Å²) in [4.78, 5) is 0. The first-order chi connectivity index (χ1) is 3.84. The second kappa shape index (κ2) is 2.13. The zero-order valence-corrected chi connectivity index (χ0v) is 4.63. The molecule has 0 amide bonds. The molecule has 0 bridgehead atoms. The molecule has 1 N–H and O–H groups in total. The highest BCUT2D eigenvalue weighted by molar-refractivity contribution is 5.81. The molecule has 3 nitrogen and oxygen atoms in total. The van der Waals surface area contributed by atoms with Crippen molar-refractivity contribution in [3.05, 3.63) is 5.21 Å². The first-order valence-electron chi connectivity index (χ1n) is 2.75. The van der Waals surface area contributed by atoms with E-state index in [2.05, 4.69) is 0 Å². The Morgan fingerprint density at radius 3 is 2.75 bits per heavy atom. The van der Waals surface area contributed by atoms with Gasteiger partial charge in [0.25, 0.3) is 0 Å². The molecular weight excluding hydrogens is 106 g/mol. The molecule has 1 heterocycles. The van der Waals surface area contributed by atoms with Crippen LogP contribution in [0.15, 0.2) is 0 Å². The molecule has 0 saturated carbocycles. The lowest BCUT2D eigenvalue weighted by Crippen LogP contribution is -2.11. The summed E-state index contributed by atoms with van der Waals surface area (Å²) in [5, 5.41) is 19.0. The first-order valence-corrected chi connectivity index (χ1v) is 2.75. The molecule has 0 aromatic heterocycles. The number of nitrogens with zero attached hydrogens (tertiary/aromatic N) is 1. The van der Waals surface area contributed by atoms with Crippen LogP contribution in [0.25, 0.3) is 0 Å². The molecular formula is C5H9NO2. The average molecular weight is 115 g/mol. The monoisotopic (exact) mass is 115 g/mol. The van der Waals surface area contributed by atoms with Crippen molar-refractivity contribution in [2.24, 2.45) is 0 Å². The predicted molar refractivity (Wildman–Crippen MR) is 29.8 cm³/mol. The number of aliphatic hydroxyl groups excluding tert-OH is 1. The highest BCUT2D eigenvalue weighted by Gasteiger charge is 2.14. The predicted octanol–water partition coefficient (Wildman–Crippen LogP) is -0.276. The Labute approximate surface area is 47.8 Å². The summed E-state index contributed by atoms with van der Waals surface area (Å²) in [7, 11) is 0. The van der Waals surface area contributed by atoms with Crippen molar-refractivity contribution in [3.8, 4) is 0 Å². The minimum atomic E-state index is -0.0660. The molecule has 0 fully saturated rings. The summed E-state index contributed by atoms with van der Waals surface area (Å²) in [5.74, 6) is 0. The van der Waals surface area contributed by atoms with Gasteiger partial charge in [-0.1, -0.05) is 0 Å². The van der Waals surface area contributed by atoms with Gasteiger partial charge in [0, 0.05) is 12.8 Å². The van der Waals surface area contributed by atoms with E-state index in [9.17, 15) is 5.21 Å². The average Bonchev–Trinajstić information content (AvgIpc) is 2.14. The number of rotatable bonds is 1. The van der Waals surface area contributed by atoms with E-state index < -0.39 is 0 Å². The Hall–Kier alpha value is -0.570. The summed E-state index contributed by atoms with van der Waals surface area (Å²) < 4.78 is 0.875. The molecule has 8 heavy (non-hydrogen) atoms. The minimum absolute atomic E-state index is 0.0660. The summed E-state index contributed by atoms with van der Waals surface area (Å²) in [6, 6.07) is 0. The van der Waals surface area contributed by atoms with Gasteiger partial charge in [0.15, 0.2) is 12.3 Å². The first kappa shape index (κ1) is 5.56. The maximum Gasteiger partial charge on any atom is 0.189 e. The van der Waals surface area contributed by atoms with E-state index in [1.807, 2.05) is 0 Å². The van der Waals surface area contributed by atoms with E-state index in [4.69, 9.17) is 5.11 Å². The molecule has 0 saturated heterocycles. The summed E-state index contributed by atoms with van der Waals surface area (Å²) in [6.07, 6.45) is 1.68. The van der Waals surface area contributed by atoms with E-state index in [1.165, 1.54) is 0 Å². The molecule has 1 rings (SSSR count). The van der Waals surface area contributed by atoms with Crippen molar-refractivity contribution < 1.29 is 9.85 Å². The lowest BCUT2D eigenvalue weighted by atomic mass is 10.3. The molecule has 0 aliphatic carbocycles. The summed E-state index contributed by atoms with van der Waals surface area (Å²) >= 11 is 0. The van der Waals surface area contributed by atoms with Crippen LogP contribution in [0.1, 0.15) is 12.8 Å². The topological polar surface area (TPSA) is 46.3 Å². The third-order valence-corrected chi connectivity index (χ3v) is 1.36. The lowest BCUT2D eigenvalue weighted by molar-refractivity contribution is -0.450. The number of hydrogen-bond donors (Lipinski definition) is 1. The molecule has 3 heteroatoms. The van der Waals surface area contributed by atoms with Gasteiger partial charge in [0.1, 0.15) is 6.61 Å². The zero-order chi connectivity index (χ0) is 5.98. The second-order valence-corrected chi connectivity index (χ2v) is 1.93. The van der Waals surface area contributed by atoms with Gasteiger partial charge < -0.3 is 10.3 Å². The van der Waals surface area contributed by atoms with Gasteiger partial charge in [0.05, 0.1) is 0 Å². The van der Waals surface area contributed by atoms with Crippen LogP contribution in [0.3, 0.4) is 0 Å². The fourth-order valence-electron chi connectivity index (χ4n) is 0.867. The quantitative estimate of drug-likeness (QED) is 0.377. The fraction of sp³-hybridized carbons (Fsp3) is 0.800. The van der Waals surface area contributed by atoms with Gasteiger partial charge in [-0.15, -0.1) is 0 Å². The number of hydroxylamine groups is 1. The molecule has 0 spiro atoms. The largest absolute Gasteiger partial charge is 0.624 e. The van der Waals surface area contributed by atoms with Crippen molar-refractivity contribution in [1.82, 2.24) is 0 Å². The molecule has 0 unspecified atom stereocenters. The van der Waals surface area contributed by atoms with E-state index in [0.717, 1.165) is 17.6 Å². The third kappa shape index (κ3) is 0.816. The minimum Gasteiger partial charge on any atom is -0.624 e. The van der Waals surface area contributed by atoms with Gasteiger partial charge in [-0.2, -0.15) is 0 Å². The van der Waals surface area contributed by atoms with Crippen LogP contribution < -0.4 is 0 Å². The van der Waals surface area contributed by atoms with Crippen molar-refractivity contribution >= 4 is 5.71 Å². The smallest absolute Gasteiger partial charge is 0.189 e. The SMILES string of the molecule is [O-][N+]1=C(CO)CCC1. The van der Waals surface area contributed by atoms with Crippen LogP contribution >= 0.6 is 0 Å². The standard InChI is InChI=1S/C5H9NO2/c7-4-5-2-1-3-6(5)8/h7H,1-4H2. The van der Waals surface area contributed by atoms with E-state index in [-0.39, 0.29) is 6.61 Å². The van der Waals surface area contributed by atoms with E-state index in [0.29, 0.717) is 12.3 Å². The highest BCUT2D eigenvalue weighted by Crippen LogP contribution is 2.01.